The van der Waals surface area contributed by atoms with Gasteiger partial charge in [0.2, 0.25) is 0 Å². The van der Waals surface area contributed by atoms with E-state index in [9.17, 15) is 5.11 Å². The molecule has 0 aromatic carbocycles. The van der Waals surface area contributed by atoms with Crippen LogP contribution in [0.2, 0.25) is 0 Å². The first-order valence-electron chi connectivity index (χ1n) is 10.1. The average Bonchev–Trinajstić information content (AvgIpc) is 2.45. The minimum absolute atomic E-state index is 0.00869. The van der Waals surface area contributed by atoms with E-state index in [4.69, 9.17) is 0 Å². The quantitative estimate of drug-likeness (QED) is 0.575. The molecule has 0 amide bonds. The number of alkyl halides is 1. The molecule has 6 rings (SSSR count). The lowest BCUT2D eigenvalue weighted by Gasteiger charge is -2.51. The highest BCUT2D eigenvalue weighted by Crippen LogP contribution is 2.58. The van der Waals surface area contributed by atoms with Gasteiger partial charge in [-0.15, -0.1) is 0 Å². The third kappa shape index (κ3) is 3.34. The standard InChI is InChI=1S/C21H37FO/c1-19-12-17(22)13-21(3,15-18(23)14-19)20(2)10-6-4-8-16(19)9-5-7-11-20/h16-18,23H,4-15H2,1-3H3. The number of aliphatic hydroxyl groups excluding tert-OH is 1. The molecule has 4 atom stereocenters. The molecule has 0 aromatic heterocycles. The molecule has 6 saturated carbocycles. The van der Waals surface area contributed by atoms with Crippen molar-refractivity contribution in [3.05, 3.63) is 0 Å². The summed E-state index contributed by atoms with van der Waals surface area (Å²) in [5.41, 5.74) is 0.117. The summed E-state index contributed by atoms with van der Waals surface area (Å²) in [7, 11) is 0. The molecule has 6 fully saturated rings. The molecule has 1 N–H and O–H groups in total. The van der Waals surface area contributed by atoms with E-state index in [-0.39, 0.29) is 22.3 Å². The van der Waals surface area contributed by atoms with Gasteiger partial charge in [-0.1, -0.05) is 46.5 Å². The Bertz CT molecular complexity index is 392. The molecule has 6 aliphatic carbocycles. The molecule has 1 nitrogen and oxygen atoms in total. The van der Waals surface area contributed by atoms with Crippen LogP contribution < -0.4 is 0 Å². The van der Waals surface area contributed by atoms with Crippen LogP contribution in [-0.4, -0.2) is 17.4 Å². The van der Waals surface area contributed by atoms with Gasteiger partial charge in [-0.05, 0) is 73.5 Å². The van der Waals surface area contributed by atoms with E-state index in [1.54, 1.807) is 0 Å². The SMILES string of the molecule is CC12CC(O)CC(C)(CC(F)C1)C1(C)CCCCC2CCCC1. The molecule has 4 unspecified atom stereocenters. The van der Waals surface area contributed by atoms with Crippen LogP contribution in [0.15, 0.2) is 0 Å². The molecule has 6 aliphatic rings. The molecule has 0 radical (unpaired) electrons. The fraction of sp³-hybridized carbons (Fsp3) is 1.00. The van der Waals surface area contributed by atoms with E-state index < -0.39 is 6.17 Å². The van der Waals surface area contributed by atoms with Crippen molar-refractivity contribution in [3.8, 4) is 0 Å². The summed E-state index contributed by atoms with van der Waals surface area (Å²) in [6.45, 7) is 6.98. The monoisotopic (exact) mass is 324 g/mol. The van der Waals surface area contributed by atoms with Crippen LogP contribution in [0, 0.1) is 22.2 Å². The summed E-state index contributed by atoms with van der Waals surface area (Å²) >= 11 is 0. The van der Waals surface area contributed by atoms with Crippen molar-refractivity contribution < 1.29 is 9.50 Å². The van der Waals surface area contributed by atoms with E-state index in [0.717, 1.165) is 12.8 Å². The van der Waals surface area contributed by atoms with Crippen molar-refractivity contribution in [2.45, 2.75) is 110 Å². The van der Waals surface area contributed by atoms with Gasteiger partial charge in [0.15, 0.2) is 0 Å². The van der Waals surface area contributed by atoms with Gasteiger partial charge in [-0.25, -0.2) is 4.39 Å². The van der Waals surface area contributed by atoms with Gasteiger partial charge >= 0.3 is 0 Å². The maximum absolute atomic E-state index is 15.1. The number of rotatable bonds is 0. The maximum atomic E-state index is 15.1. The highest BCUT2D eigenvalue weighted by Gasteiger charge is 2.51. The highest BCUT2D eigenvalue weighted by atomic mass is 19.1. The normalized spacial score (nSPS) is 52.3. The van der Waals surface area contributed by atoms with E-state index >= 15 is 4.39 Å². The molecule has 0 aromatic rings. The van der Waals surface area contributed by atoms with Crippen LogP contribution in [0.3, 0.4) is 0 Å². The number of hydrogen-bond acceptors (Lipinski definition) is 1. The zero-order valence-corrected chi connectivity index (χ0v) is 15.5. The van der Waals surface area contributed by atoms with Crippen molar-refractivity contribution in [2.24, 2.45) is 22.2 Å². The molecule has 0 saturated heterocycles. The summed E-state index contributed by atoms with van der Waals surface area (Å²) < 4.78 is 15.1. The van der Waals surface area contributed by atoms with Crippen molar-refractivity contribution in [1.29, 1.82) is 0 Å². The summed E-state index contributed by atoms with van der Waals surface area (Å²) in [6.07, 6.45) is 12.0. The second kappa shape index (κ2) is 6.32. The third-order valence-corrected chi connectivity index (χ3v) is 8.25. The smallest absolute Gasteiger partial charge is 0.101 e. The molecule has 2 heteroatoms. The predicted octanol–water partition coefficient (Wildman–Crippen LogP) is 6.04. The molecular weight excluding hydrogens is 287 g/mol. The van der Waals surface area contributed by atoms with E-state index in [1.165, 1.54) is 51.4 Å². The van der Waals surface area contributed by atoms with Crippen molar-refractivity contribution in [3.63, 3.8) is 0 Å². The van der Waals surface area contributed by atoms with Crippen LogP contribution in [0.5, 0.6) is 0 Å². The van der Waals surface area contributed by atoms with Crippen LogP contribution in [-0.2, 0) is 0 Å². The molecule has 0 aliphatic heterocycles. The average molecular weight is 325 g/mol. The Labute approximate surface area is 142 Å². The Balaban J connectivity index is 2.08. The molecular formula is C21H37FO. The van der Waals surface area contributed by atoms with Gasteiger partial charge in [-0.3, -0.25) is 0 Å². The van der Waals surface area contributed by atoms with Crippen molar-refractivity contribution >= 4 is 0 Å². The molecule has 0 spiro atoms. The Kier molecular flexibility index (Phi) is 4.86. The van der Waals surface area contributed by atoms with E-state index in [2.05, 4.69) is 20.8 Å². The molecule has 0 heterocycles. The second-order valence-electron chi connectivity index (χ2n) is 10.0. The summed E-state index contributed by atoms with van der Waals surface area (Å²) in [6, 6.07) is 0. The number of hydrogen-bond donors (Lipinski definition) is 1. The van der Waals surface area contributed by atoms with Crippen LogP contribution in [0.1, 0.15) is 97.8 Å². The first kappa shape index (κ1) is 17.7. The van der Waals surface area contributed by atoms with Gasteiger partial charge in [0.1, 0.15) is 6.17 Å². The lowest BCUT2D eigenvalue weighted by molar-refractivity contribution is -0.0652. The van der Waals surface area contributed by atoms with Gasteiger partial charge in [0.05, 0.1) is 6.10 Å². The molecule has 23 heavy (non-hydrogen) atoms. The fourth-order valence-electron chi connectivity index (χ4n) is 6.57. The maximum Gasteiger partial charge on any atom is 0.101 e. The summed E-state index contributed by atoms with van der Waals surface area (Å²) in [5, 5.41) is 10.9. The largest absolute Gasteiger partial charge is 0.393 e. The number of halogens is 1. The Morgan fingerprint density at radius 1 is 0.783 bits per heavy atom. The van der Waals surface area contributed by atoms with Crippen molar-refractivity contribution in [2.75, 3.05) is 0 Å². The first-order valence-corrected chi connectivity index (χ1v) is 10.1. The Hall–Kier alpha value is -0.110. The minimum Gasteiger partial charge on any atom is -0.393 e. The summed E-state index contributed by atoms with van der Waals surface area (Å²) in [5.74, 6) is 0.599. The highest BCUT2D eigenvalue weighted by molar-refractivity contribution is 5.01. The molecule has 134 valence electrons. The Morgan fingerprint density at radius 2 is 1.39 bits per heavy atom. The lowest BCUT2D eigenvalue weighted by atomic mass is 9.55. The van der Waals surface area contributed by atoms with E-state index in [0.29, 0.717) is 18.8 Å². The van der Waals surface area contributed by atoms with E-state index in [1.807, 2.05) is 0 Å². The minimum atomic E-state index is -0.699. The van der Waals surface area contributed by atoms with Gasteiger partial charge in [0, 0.05) is 0 Å². The van der Waals surface area contributed by atoms with Gasteiger partial charge in [0.25, 0.3) is 0 Å². The van der Waals surface area contributed by atoms with Crippen LogP contribution >= 0.6 is 0 Å². The summed E-state index contributed by atoms with van der Waals surface area (Å²) in [4.78, 5) is 0. The molecule has 4 bridgehead atoms. The van der Waals surface area contributed by atoms with Gasteiger partial charge in [-0.2, -0.15) is 0 Å². The van der Waals surface area contributed by atoms with Crippen molar-refractivity contribution in [1.82, 2.24) is 0 Å². The first-order chi connectivity index (χ1) is 10.8. The second-order valence-corrected chi connectivity index (χ2v) is 10.0. The van der Waals surface area contributed by atoms with Crippen LogP contribution in [0.25, 0.3) is 0 Å². The van der Waals surface area contributed by atoms with Crippen LogP contribution in [0.4, 0.5) is 4.39 Å². The fourth-order valence-corrected chi connectivity index (χ4v) is 6.57. The zero-order valence-electron chi connectivity index (χ0n) is 15.5. The Morgan fingerprint density at radius 3 is 2.00 bits per heavy atom. The third-order valence-electron chi connectivity index (χ3n) is 8.25. The zero-order chi connectivity index (χ0) is 16.7. The lowest BCUT2D eigenvalue weighted by Crippen LogP contribution is -2.46. The predicted molar refractivity (Wildman–Crippen MR) is 94.1 cm³/mol. The van der Waals surface area contributed by atoms with Gasteiger partial charge < -0.3 is 5.11 Å². The number of aliphatic hydroxyl groups is 1. The topological polar surface area (TPSA) is 20.2 Å².